The van der Waals surface area contributed by atoms with Crippen LogP contribution >= 0.6 is 0 Å². The zero-order chi connectivity index (χ0) is 23.9. The lowest BCUT2D eigenvalue weighted by atomic mass is 9.84. The fourth-order valence-corrected chi connectivity index (χ4v) is 4.24. The average Bonchev–Trinajstić information content (AvgIpc) is 2.89. The zero-order valence-electron chi connectivity index (χ0n) is 19.4. The summed E-state index contributed by atoms with van der Waals surface area (Å²) in [5, 5.41) is 5.93. The Morgan fingerprint density at radius 1 is 0.794 bits per heavy atom. The van der Waals surface area contributed by atoms with E-state index in [1.54, 1.807) is 49.5 Å². The van der Waals surface area contributed by atoms with Crippen LogP contribution < -0.4 is 20.1 Å². The molecule has 176 valence electrons. The van der Waals surface area contributed by atoms with Gasteiger partial charge in [0.2, 0.25) is 5.91 Å². The van der Waals surface area contributed by atoms with Crippen LogP contribution in [-0.2, 0) is 4.79 Å². The van der Waals surface area contributed by atoms with Gasteiger partial charge in [-0.1, -0.05) is 36.4 Å². The first-order valence-corrected chi connectivity index (χ1v) is 11.3. The predicted molar refractivity (Wildman–Crippen MR) is 132 cm³/mol. The summed E-state index contributed by atoms with van der Waals surface area (Å²) in [6, 6.07) is 24.2. The number of carbonyl (C=O) groups excluding carboxylic acids is 2. The molecule has 1 aliphatic heterocycles. The molecule has 2 atom stereocenters. The van der Waals surface area contributed by atoms with Gasteiger partial charge in [-0.25, -0.2) is 4.79 Å². The Labute approximate surface area is 199 Å². The van der Waals surface area contributed by atoms with Crippen molar-refractivity contribution in [2.24, 2.45) is 5.92 Å². The number of anilines is 2. The molecule has 0 saturated carbocycles. The lowest BCUT2D eigenvalue weighted by molar-refractivity contribution is -0.121. The number of nitrogens with zero attached hydrogens (tertiary/aromatic N) is 1. The second kappa shape index (κ2) is 10.7. The smallest absolute Gasteiger partial charge is 0.321 e. The quantitative estimate of drug-likeness (QED) is 0.545. The van der Waals surface area contributed by atoms with Gasteiger partial charge >= 0.3 is 6.03 Å². The molecule has 34 heavy (non-hydrogen) atoms. The summed E-state index contributed by atoms with van der Waals surface area (Å²) in [4.78, 5) is 28.1. The lowest BCUT2D eigenvalue weighted by Crippen LogP contribution is -2.48. The number of piperidine rings is 1. The molecule has 3 aromatic rings. The maximum Gasteiger partial charge on any atom is 0.321 e. The Balaban J connectivity index is 1.51. The Morgan fingerprint density at radius 2 is 1.53 bits per heavy atom. The summed E-state index contributed by atoms with van der Waals surface area (Å²) >= 11 is 0. The van der Waals surface area contributed by atoms with Crippen LogP contribution in [0.3, 0.4) is 0 Å². The standard InChI is InChI=1S/C27H29N3O4/c1-33-24-13-11-22(12-14-24)29-27(32)30-17-20(19-7-4-3-5-8-19)15-21(18-30)26(31)28-23-9-6-10-25(16-23)34-2/h3-14,16,20-21H,15,17-18H2,1-2H3,(H,28,31)(H,29,32). The summed E-state index contributed by atoms with van der Waals surface area (Å²) in [6.07, 6.45) is 0.659. The Morgan fingerprint density at radius 3 is 2.24 bits per heavy atom. The molecular weight excluding hydrogens is 430 g/mol. The van der Waals surface area contributed by atoms with E-state index < -0.39 is 0 Å². The fourth-order valence-electron chi connectivity index (χ4n) is 4.24. The molecule has 4 rings (SSSR count). The first-order valence-electron chi connectivity index (χ1n) is 11.3. The monoisotopic (exact) mass is 459 g/mol. The van der Waals surface area contributed by atoms with Gasteiger partial charge in [-0.05, 0) is 48.4 Å². The van der Waals surface area contributed by atoms with Gasteiger partial charge in [-0.15, -0.1) is 0 Å². The maximum atomic E-state index is 13.2. The maximum absolute atomic E-state index is 13.2. The number of urea groups is 1. The molecule has 0 aliphatic carbocycles. The number of amides is 3. The van der Waals surface area contributed by atoms with Crippen LogP contribution in [0.2, 0.25) is 0 Å². The number of nitrogens with one attached hydrogen (secondary N) is 2. The third kappa shape index (κ3) is 5.67. The Bertz CT molecular complexity index is 1120. The largest absolute Gasteiger partial charge is 0.497 e. The molecule has 0 spiro atoms. The van der Waals surface area contributed by atoms with Crippen molar-refractivity contribution in [1.29, 1.82) is 0 Å². The summed E-state index contributed by atoms with van der Waals surface area (Å²) in [5.74, 6) is 0.971. The van der Waals surface area contributed by atoms with Gasteiger partial charge in [0.05, 0.1) is 20.1 Å². The molecule has 1 aliphatic rings. The lowest BCUT2D eigenvalue weighted by Gasteiger charge is -2.37. The van der Waals surface area contributed by atoms with E-state index in [0.29, 0.717) is 36.6 Å². The first kappa shape index (κ1) is 23.2. The molecule has 3 aromatic carbocycles. The number of rotatable bonds is 6. The van der Waals surface area contributed by atoms with E-state index in [1.165, 1.54) is 0 Å². The van der Waals surface area contributed by atoms with Gasteiger partial charge in [0, 0.05) is 36.4 Å². The molecule has 1 fully saturated rings. The minimum atomic E-state index is -0.355. The van der Waals surface area contributed by atoms with Crippen LogP contribution in [0.25, 0.3) is 0 Å². The second-order valence-corrected chi connectivity index (χ2v) is 8.33. The minimum absolute atomic E-state index is 0.0534. The van der Waals surface area contributed by atoms with E-state index in [9.17, 15) is 9.59 Å². The molecular formula is C27H29N3O4. The highest BCUT2D eigenvalue weighted by Gasteiger charge is 2.34. The van der Waals surface area contributed by atoms with Crippen molar-refractivity contribution in [1.82, 2.24) is 4.90 Å². The topological polar surface area (TPSA) is 79.9 Å². The molecule has 2 N–H and O–H groups in total. The van der Waals surface area contributed by atoms with Gasteiger partial charge in [0.25, 0.3) is 0 Å². The SMILES string of the molecule is COc1ccc(NC(=O)N2CC(C(=O)Nc3cccc(OC)c3)CC(c3ccccc3)C2)cc1. The third-order valence-corrected chi connectivity index (χ3v) is 6.06. The number of likely N-dealkylation sites (tertiary alicyclic amines) is 1. The summed E-state index contributed by atoms with van der Waals surface area (Å²) in [7, 11) is 3.19. The highest BCUT2D eigenvalue weighted by Crippen LogP contribution is 2.32. The predicted octanol–water partition coefficient (Wildman–Crippen LogP) is 4.98. The number of methoxy groups -OCH3 is 2. The normalized spacial score (nSPS) is 17.5. The molecule has 7 heteroatoms. The van der Waals surface area contributed by atoms with Gasteiger partial charge in [0.1, 0.15) is 11.5 Å². The van der Waals surface area contributed by atoms with E-state index >= 15 is 0 Å². The van der Waals surface area contributed by atoms with Crippen LogP contribution in [0, 0.1) is 5.92 Å². The van der Waals surface area contributed by atoms with Crippen molar-refractivity contribution >= 4 is 23.3 Å². The highest BCUT2D eigenvalue weighted by molar-refractivity contribution is 5.94. The van der Waals surface area contributed by atoms with Gasteiger partial charge in [-0.3, -0.25) is 4.79 Å². The van der Waals surface area contributed by atoms with Crippen LogP contribution in [0.5, 0.6) is 11.5 Å². The van der Waals surface area contributed by atoms with Crippen molar-refractivity contribution < 1.29 is 19.1 Å². The van der Waals surface area contributed by atoms with Crippen LogP contribution in [0.15, 0.2) is 78.9 Å². The van der Waals surface area contributed by atoms with Crippen LogP contribution in [0.4, 0.5) is 16.2 Å². The first-order chi connectivity index (χ1) is 16.6. The average molecular weight is 460 g/mol. The Kier molecular flexibility index (Phi) is 7.32. The fraction of sp³-hybridized carbons (Fsp3) is 0.259. The number of benzene rings is 3. The number of carbonyl (C=O) groups is 2. The summed E-state index contributed by atoms with van der Waals surface area (Å²) in [5.41, 5.74) is 2.45. The van der Waals surface area contributed by atoms with Crippen molar-refractivity contribution in [3.05, 3.63) is 84.4 Å². The third-order valence-electron chi connectivity index (χ3n) is 6.06. The zero-order valence-corrected chi connectivity index (χ0v) is 19.4. The summed E-state index contributed by atoms with van der Waals surface area (Å²) < 4.78 is 10.4. The van der Waals surface area contributed by atoms with Gasteiger partial charge in [0.15, 0.2) is 0 Å². The van der Waals surface area contributed by atoms with Crippen molar-refractivity contribution in [2.75, 3.05) is 37.9 Å². The van der Waals surface area contributed by atoms with Gasteiger partial charge < -0.3 is 25.0 Å². The van der Waals surface area contributed by atoms with Crippen LogP contribution in [-0.4, -0.2) is 44.1 Å². The molecule has 7 nitrogen and oxygen atoms in total. The molecule has 0 bridgehead atoms. The molecule has 0 aromatic heterocycles. The van der Waals surface area contributed by atoms with E-state index in [1.807, 2.05) is 48.5 Å². The second-order valence-electron chi connectivity index (χ2n) is 8.33. The van der Waals surface area contributed by atoms with E-state index in [-0.39, 0.29) is 23.8 Å². The van der Waals surface area contributed by atoms with Gasteiger partial charge in [-0.2, -0.15) is 0 Å². The van der Waals surface area contributed by atoms with E-state index in [2.05, 4.69) is 10.6 Å². The van der Waals surface area contributed by atoms with E-state index in [0.717, 1.165) is 11.3 Å². The van der Waals surface area contributed by atoms with Crippen molar-refractivity contribution in [3.8, 4) is 11.5 Å². The van der Waals surface area contributed by atoms with E-state index in [4.69, 9.17) is 9.47 Å². The number of ether oxygens (including phenoxy) is 2. The summed E-state index contributed by atoms with van der Waals surface area (Å²) in [6.45, 7) is 0.871. The molecule has 3 amide bonds. The molecule has 0 radical (unpaired) electrons. The number of hydrogen-bond donors (Lipinski definition) is 2. The molecule has 1 saturated heterocycles. The highest BCUT2D eigenvalue weighted by atomic mass is 16.5. The minimum Gasteiger partial charge on any atom is -0.497 e. The number of hydrogen-bond acceptors (Lipinski definition) is 4. The Hall–Kier alpha value is -4.00. The molecule has 1 heterocycles. The van der Waals surface area contributed by atoms with Crippen LogP contribution in [0.1, 0.15) is 17.9 Å². The molecule has 2 unspecified atom stereocenters. The van der Waals surface area contributed by atoms with Crippen molar-refractivity contribution in [2.45, 2.75) is 12.3 Å². The van der Waals surface area contributed by atoms with Crippen molar-refractivity contribution in [3.63, 3.8) is 0 Å².